The number of aryl methyl sites for hydroxylation is 2. The van der Waals surface area contributed by atoms with E-state index >= 15 is 0 Å². The number of hydrogen-bond acceptors (Lipinski definition) is 4. The summed E-state index contributed by atoms with van der Waals surface area (Å²) in [4.78, 5) is 10.8. The molecule has 0 bridgehead atoms. The third-order valence-electron chi connectivity index (χ3n) is 4.23. The predicted molar refractivity (Wildman–Crippen MR) is 94.8 cm³/mol. The highest BCUT2D eigenvalue weighted by atomic mass is 15.3. The normalized spacial score (nSPS) is 11.4. The summed E-state index contributed by atoms with van der Waals surface area (Å²) in [5.74, 6) is 1.02. The lowest BCUT2D eigenvalue weighted by Crippen LogP contribution is -2.18. The standard InChI is InChI=1S/C18H24N6/c1-14-9-15(2)17(10-16(14)11-24-13-19-12-21-24)18-20-5-6-23(18)8-7-22(3)4/h5-6,9-10,12-13H,7-8,11H2,1-4H3. The Labute approximate surface area is 142 Å². The first kappa shape index (κ1) is 16.4. The van der Waals surface area contributed by atoms with Crippen molar-refractivity contribution >= 4 is 0 Å². The molecule has 24 heavy (non-hydrogen) atoms. The highest BCUT2D eigenvalue weighted by Gasteiger charge is 2.12. The van der Waals surface area contributed by atoms with Gasteiger partial charge in [0.05, 0.1) is 6.54 Å². The Morgan fingerprint density at radius 3 is 2.67 bits per heavy atom. The monoisotopic (exact) mass is 324 g/mol. The van der Waals surface area contributed by atoms with Crippen molar-refractivity contribution in [1.82, 2.24) is 29.2 Å². The summed E-state index contributed by atoms with van der Waals surface area (Å²) in [6.45, 7) is 6.92. The zero-order valence-electron chi connectivity index (χ0n) is 14.8. The summed E-state index contributed by atoms with van der Waals surface area (Å²) < 4.78 is 4.07. The van der Waals surface area contributed by atoms with Gasteiger partial charge >= 0.3 is 0 Å². The Morgan fingerprint density at radius 2 is 1.96 bits per heavy atom. The topological polar surface area (TPSA) is 51.8 Å². The van der Waals surface area contributed by atoms with E-state index < -0.39 is 0 Å². The molecule has 1 aromatic carbocycles. The molecule has 0 N–H and O–H groups in total. The van der Waals surface area contributed by atoms with Crippen molar-refractivity contribution in [3.05, 3.63) is 53.9 Å². The number of likely N-dealkylation sites (N-methyl/N-ethyl adjacent to an activating group) is 1. The summed E-state index contributed by atoms with van der Waals surface area (Å²) in [6, 6.07) is 4.47. The quantitative estimate of drug-likeness (QED) is 0.698. The van der Waals surface area contributed by atoms with E-state index in [-0.39, 0.29) is 0 Å². The molecule has 0 aliphatic rings. The molecule has 0 saturated carbocycles. The van der Waals surface area contributed by atoms with Gasteiger partial charge in [-0.15, -0.1) is 0 Å². The van der Waals surface area contributed by atoms with Crippen LogP contribution in [0.5, 0.6) is 0 Å². The summed E-state index contributed by atoms with van der Waals surface area (Å²) in [5.41, 5.74) is 4.92. The molecule has 6 heteroatoms. The van der Waals surface area contributed by atoms with Gasteiger partial charge in [0.1, 0.15) is 18.5 Å². The lowest BCUT2D eigenvalue weighted by atomic mass is 9.99. The molecule has 0 fully saturated rings. The van der Waals surface area contributed by atoms with Crippen LogP contribution in [0.25, 0.3) is 11.4 Å². The van der Waals surface area contributed by atoms with E-state index in [0.29, 0.717) is 0 Å². The van der Waals surface area contributed by atoms with Gasteiger partial charge in [0.25, 0.3) is 0 Å². The molecule has 0 radical (unpaired) electrons. The molecule has 3 rings (SSSR count). The average Bonchev–Trinajstić information content (AvgIpc) is 3.19. The number of hydrogen-bond donors (Lipinski definition) is 0. The van der Waals surface area contributed by atoms with Crippen LogP contribution in [0.15, 0.2) is 37.2 Å². The van der Waals surface area contributed by atoms with E-state index in [9.17, 15) is 0 Å². The average molecular weight is 324 g/mol. The van der Waals surface area contributed by atoms with Gasteiger partial charge in [0.15, 0.2) is 0 Å². The summed E-state index contributed by atoms with van der Waals surface area (Å²) in [7, 11) is 4.17. The Bertz CT molecular complexity index is 801. The summed E-state index contributed by atoms with van der Waals surface area (Å²) >= 11 is 0. The molecule has 2 heterocycles. The maximum Gasteiger partial charge on any atom is 0.140 e. The van der Waals surface area contributed by atoms with Gasteiger partial charge < -0.3 is 9.47 Å². The second kappa shape index (κ2) is 6.97. The van der Waals surface area contributed by atoms with Crippen LogP contribution in [0.2, 0.25) is 0 Å². The van der Waals surface area contributed by atoms with Crippen LogP contribution in [0.3, 0.4) is 0 Å². The van der Waals surface area contributed by atoms with Crippen LogP contribution in [0.1, 0.15) is 16.7 Å². The molecular weight excluding hydrogens is 300 g/mol. The van der Waals surface area contributed by atoms with Gasteiger partial charge in [0.2, 0.25) is 0 Å². The van der Waals surface area contributed by atoms with E-state index in [1.165, 1.54) is 22.3 Å². The van der Waals surface area contributed by atoms with Crippen LogP contribution in [0.4, 0.5) is 0 Å². The minimum Gasteiger partial charge on any atom is -0.330 e. The number of benzene rings is 1. The maximum absolute atomic E-state index is 4.60. The largest absolute Gasteiger partial charge is 0.330 e. The maximum atomic E-state index is 4.60. The van der Waals surface area contributed by atoms with E-state index in [2.05, 4.69) is 70.8 Å². The van der Waals surface area contributed by atoms with Gasteiger partial charge in [-0.3, -0.25) is 0 Å². The smallest absolute Gasteiger partial charge is 0.140 e. The zero-order valence-corrected chi connectivity index (χ0v) is 14.8. The van der Waals surface area contributed by atoms with Gasteiger partial charge in [-0.2, -0.15) is 5.10 Å². The van der Waals surface area contributed by atoms with Gasteiger partial charge in [-0.1, -0.05) is 6.07 Å². The van der Waals surface area contributed by atoms with Gasteiger partial charge in [-0.25, -0.2) is 14.6 Å². The second-order valence-corrected chi connectivity index (χ2v) is 6.43. The number of nitrogens with zero attached hydrogens (tertiary/aromatic N) is 6. The highest BCUT2D eigenvalue weighted by molar-refractivity contribution is 5.63. The lowest BCUT2D eigenvalue weighted by molar-refractivity contribution is 0.385. The second-order valence-electron chi connectivity index (χ2n) is 6.43. The van der Waals surface area contributed by atoms with Crippen molar-refractivity contribution in [3.63, 3.8) is 0 Å². The Kier molecular flexibility index (Phi) is 4.76. The Hall–Kier alpha value is -2.47. The molecule has 0 unspecified atom stereocenters. The molecule has 2 aromatic heterocycles. The van der Waals surface area contributed by atoms with Crippen molar-refractivity contribution in [2.45, 2.75) is 26.9 Å². The lowest BCUT2D eigenvalue weighted by Gasteiger charge is -2.15. The molecule has 0 aliphatic heterocycles. The molecule has 0 spiro atoms. The minimum absolute atomic E-state index is 0.720. The fourth-order valence-corrected chi connectivity index (χ4v) is 2.84. The molecule has 3 aromatic rings. The van der Waals surface area contributed by atoms with E-state index in [4.69, 9.17) is 0 Å². The van der Waals surface area contributed by atoms with Crippen LogP contribution in [-0.2, 0) is 13.1 Å². The number of imidazole rings is 1. The van der Waals surface area contributed by atoms with Gasteiger partial charge in [-0.05, 0) is 50.7 Å². The Morgan fingerprint density at radius 1 is 1.12 bits per heavy atom. The molecule has 126 valence electrons. The van der Waals surface area contributed by atoms with Crippen molar-refractivity contribution in [2.75, 3.05) is 20.6 Å². The van der Waals surface area contributed by atoms with Crippen molar-refractivity contribution in [3.8, 4) is 11.4 Å². The minimum atomic E-state index is 0.720. The van der Waals surface area contributed by atoms with Crippen LogP contribution in [-0.4, -0.2) is 49.9 Å². The fourth-order valence-electron chi connectivity index (χ4n) is 2.84. The van der Waals surface area contributed by atoms with Crippen LogP contribution < -0.4 is 0 Å². The SMILES string of the molecule is Cc1cc(C)c(-c2nccn2CCN(C)C)cc1Cn1cncn1. The Balaban J connectivity index is 1.95. The van der Waals surface area contributed by atoms with Crippen molar-refractivity contribution < 1.29 is 0 Å². The molecular formula is C18H24N6. The molecule has 0 saturated heterocycles. The first-order valence-corrected chi connectivity index (χ1v) is 8.13. The first-order valence-electron chi connectivity index (χ1n) is 8.13. The van der Waals surface area contributed by atoms with E-state index in [1.54, 1.807) is 12.7 Å². The predicted octanol–water partition coefficient (Wildman–Crippen LogP) is 2.37. The fraction of sp³-hybridized carbons (Fsp3) is 0.389. The van der Waals surface area contributed by atoms with Crippen LogP contribution in [0, 0.1) is 13.8 Å². The number of rotatable bonds is 6. The molecule has 0 amide bonds. The molecule has 0 atom stereocenters. The first-order chi connectivity index (χ1) is 11.5. The summed E-state index contributed by atoms with van der Waals surface area (Å²) in [5, 5.41) is 4.21. The highest BCUT2D eigenvalue weighted by Crippen LogP contribution is 2.26. The third-order valence-corrected chi connectivity index (χ3v) is 4.23. The molecule has 6 nitrogen and oxygen atoms in total. The van der Waals surface area contributed by atoms with Crippen molar-refractivity contribution in [1.29, 1.82) is 0 Å². The van der Waals surface area contributed by atoms with E-state index in [1.807, 2.05) is 10.9 Å². The van der Waals surface area contributed by atoms with E-state index in [0.717, 1.165) is 25.5 Å². The van der Waals surface area contributed by atoms with Gasteiger partial charge in [0, 0.05) is 31.0 Å². The number of aromatic nitrogens is 5. The van der Waals surface area contributed by atoms with Crippen LogP contribution >= 0.6 is 0 Å². The molecule has 0 aliphatic carbocycles. The van der Waals surface area contributed by atoms with Crippen molar-refractivity contribution in [2.24, 2.45) is 0 Å². The third kappa shape index (κ3) is 3.54. The summed E-state index contributed by atoms with van der Waals surface area (Å²) in [6.07, 6.45) is 7.24. The zero-order chi connectivity index (χ0) is 17.1.